The lowest BCUT2D eigenvalue weighted by molar-refractivity contribution is -0.152. The van der Waals surface area contributed by atoms with Gasteiger partial charge in [-0.05, 0) is 62.4 Å². The molecule has 1 heterocycles. The van der Waals surface area contributed by atoms with Gasteiger partial charge in [-0.1, -0.05) is 0 Å². The summed E-state index contributed by atoms with van der Waals surface area (Å²) in [4.78, 5) is 13.9. The molecule has 150 valence electrons. The van der Waals surface area contributed by atoms with Crippen LogP contribution in [0.1, 0.15) is 13.8 Å². The predicted molar refractivity (Wildman–Crippen MR) is 105 cm³/mol. The van der Waals surface area contributed by atoms with Crippen LogP contribution in [-0.4, -0.2) is 51.4 Å². The van der Waals surface area contributed by atoms with Gasteiger partial charge in [0, 0.05) is 31.9 Å². The maximum atomic E-state index is 13.1. The smallest absolute Gasteiger partial charge is 0.347 e. The lowest BCUT2D eigenvalue weighted by Crippen LogP contribution is -2.46. The summed E-state index contributed by atoms with van der Waals surface area (Å²) in [6.45, 7) is 5.59. The van der Waals surface area contributed by atoms with E-state index in [2.05, 4.69) is 4.90 Å². The third-order valence-corrected chi connectivity index (χ3v) is 6.09. The van der Waals surface area contributed by atoms with Crippen molar-refractivity contribution in [3.05, 3.63) is 54.3 Å². The monoisotopic (exact) mass is 406 g/mol. The first kappa shape index (κ1) is 20.3. The Kier molecular flexibility index (Phi) is 6.00. The zero-order chi connectivity index (χ0) is 20.3. The van der Waals surface area contributed by atoms with Crippen LogP contribution in [0.15, 0.2) is 53.4 Å². The number of rotatable bonds is 6. The molecule has 1 atom stereocenters. The second kappa shape index (κ2) is 8.28. The van der Waals surface area contributed by atoms with Gasteiger partial charge in [0.05, 0.1) is 4.90 Å². The normalized spacial score (nSPS) is 16.6. The molecule has 0 spiro atoms. The summed E-state index contributed by atoms with van der Waals surface area (Å²) in [5.41, 5.74) is -0.383. The van der Waals surface area contributed by atoms with Crippen LogP contribution in [0, 0.1) is 5.82 Å². The third kappa shape index (κ3) is 4.69. The summed E-state index contributed by atoms with van der Waals surface area (Å²) in [7, 11) is -1.31. The summed E-state index contributed by atoms with van der Waals surface area (Å²) >= 11 is 0. The molecule has 0 radical (unpaired) electrons. The summed E-state index contributed by atoms with van der Waals surface area (Å²) < 4.78 is 33.2. The van der Waals surface area contributed by atoms with Crippen LogP contribution in [-0.2, 0) is 15.8 Å². The van der Waals surface area contributed by atoms with Crippen molar-refractivity contribution in [2.75, 3.05) is 31.1 Å². The van der Waals surface area contributed by atoms with Crippen molar-refractivity contribution >= 4 is 22.6 Å². The van der Waals surface area contributed by atoms with Crippen LogP contribution < -0.4 is 9.64 Å². The second-order valence-corrected chi connectivity index (χ2v) is 8.52. The Hall–Kier alpha value is -2.45. The quantitative estimate of drug-likeness (QED) is 0.799. The van der Waals surface area contributed by atoms with Gasteiger partial charge in [0.1, 0.15) is 22.6 Å². The van der Waals surface area contributed by atoms with Gasteiger partial charge in [-0.3, -0.25) is 0 Å². The maximum Gasteiger partial charge on any atom is 0.347 e. The highest BCUT2D eigenvalue weighted by Crippen LogP contribution is 2.23. The Labute approximate surface area is 166 Å². The second-order valence-electron chi connectivity index (χ2n) is 7.03. The van der Waals surface area contributed by atoms with Gasteiger partial charge in [-0.2, -0.15) is 0 Å². The molecular weight excluding hydrogens is 383 g/mol. The first-order valence-corrected chi connectivity index (χ1v) is 10.1. The fourth-order valence-corrected chi connectivity index (χ4v) is 4.04. The van der Waals surface area contributed by atoms with E-state index >= 15 is 0 Å². The van der Waals surface area contributed by atoms with E-state index in [1.165, 1.54) is 26.0 Å². The predicted octanol–water partition coefficient (Wildman–Crippen LogP) is 2.91. The topological polar surface area (TPSA) is 70.1 Å². The zero-order valence-electron chi connectivity index (χ0n) is 15.8. The van der Waals surface area contributed by atoms with Gasteiger partial charge in [0.25, 0.3) is 0 Å². The maximum absolute atomic E-state index is 13.1. The van der Waals surface area contributed by atoms with Crippen molar-refractivity contribution in [3.8, 4) is 5.75 Å². The van der Waals surface area contributed by atoms with E-state index in [1.807, 2.05) is 4.31 Å². The molecule has 1 unspecified atom stereocenters. The molecule has 1 aliphatic heterocycles. The number of hydrogen-bond acceptors (Lipinski definition) is 4. The molecule has 8 heteroatoms. The molecule has 28 heavy (non-hydrogen) atoms. The molecule has 1 saturated heterocycles. The van der Waals surface area contributed by atoms with E-state index in [1.54, 1.807) is 36.4 Å². The van der Waals surface area contributed by atoms with Crippen molar-refractivity contribution in [1.82, 2.24) is 4.31 Å². The minimum absolute atomic E-state index is 0.261. The Morgan fingerprint density at radius 2 is 1.61 bits per heavy atom. The molecule has 1 fully saturated rings. The number of hydrogen-bond donors (Lipinski definition) is 1. The lowest BCUT2D eigenvalue weighted by atomic mass is 10.1. The van der Waals surface area contributed by atoms with Crippen LogP contribution in [0.4, 0.5) is 10.1 Å². The molecule has 0 saturated carbocycles. The van der Waals surface area contributed by atoms with Crippen LogP contribution in [0.25, 0.3) is 0 Å². The molecule has 0 aromatic heterocycles. The van der Waals surface area contributed by atoms with Crippen molar-refractivity contribution in [2.24, 2.45) is 0 Å². The number of carboxylic acids is 1. The fraction of sp³-hybridized carbons (Fsp3) is 0.350. The molecule has 3 rings (SSSR count). The van der Waals surface area contributed by atoms with Gasteiger partial charge >= 0.3 is 5.97 Å². The van der Waals surface area contributed by atoms with Crippen molar-refractivity contribution < 1.29 is 23.2 Å². The van der Waals surface area contributed by atoms with Crippen LogP contribution in [0.3, 0.4) is 0 Å². The molecule has 1 N–H and O–H groups in total. The highest BCUT2D eigenvalue weighted by atomic mass is 32.2. The minimum atomic E-state index is -1.34. The van der Waals surface area contributed by atoms with Gasteiger partial charge in [0.2, 0.25) is 0 Å². The molecular formula is C20H23FN2O4S. The Morgan fingerprint density at radius 1 is 1.04 bits per heavy atom. The van der Waals surface area contributed by atoms with Crippen LogP contribution in [0.2, 0.25) is 0 Å². The number of piperazine rings is 1. The number of nitrogens with zero attached hydrogens (tertiary/aromatic N) is 2. The number of carboxylic acid groups (broad SMARTS) is 1. The van der Waals surface area contributed by atoms with E-state index in [0.717, 1.165) is 5.69 Å². The zero-order valence-corrected chi connectivity index (χ0v) is 16.6. The number of ether oxygens (including phenoxy) is 1. The molecule has 1 aliphatic rings. The molecule has 0 amide bonds. The SMILES string of the molecule is CC(C)(Oc1ccc(S(=O)N2CCN(c3ccc(F)cc3)CC2)cc1)C(=O)O. The summed E-state index contributed by atoms with van der Waals surface area (Å²) in [5.74, 6) is -0.906. The number of halogens is 1. The van der Waals surface area contributed by atoms with Crippen molar-refractivity contribution in [3.63, 3.8) is 0 Å². The fourth-order valence-electron chi connectivity index (χ4n) is 2.88. The average molecular weight is 406 g/mol. The van der Waals surface area contributed by atoms with E-state index in [4.69, 9.17) is 9.84 Å². The van der Waals surface area contributed by atoms with E-state index in [-0.39, 0.29) is 5.82 Å². The Balaban J connectivity index is 1.59. The van der Waals surface area contributed by atoms with Crippen LogP contribution >= 0.6 is 0 Å². The number of aliphatic carboxylic acids is 1. The van der Waals surface area contributed by atoms with Gasteiger partial charge in [0.15, 0.2) is 5.60 Å². The summed E-state index contributed by atoms with van der Waals surface area (Å²) in [6.07, 6.45) is 0. The number of anilines is 1. The molecule has 2 aromatic carbocycles. The first-order valence-electron chi connectivity index (χ1n) is 8.96. The van der Waals surface area contributed by atoms with Crippen LogP contribution in [0.5, 0.6) is 5.75 Å². The van der Waals surface area contributed by atoms with E-state index in [0.29, 0.717) is 36.8 Å². The number of benzene rings is 2. The standard InChI is InChI=1S/C20H23FN2O4S/c1-20(2,19(24)25)27-17-7-9-18(10-8-17)28(26)23-13-11-22(12-14-23)16-5-3-15(21)4-6-16/h3-10H,11-14H2,1-2H3,(H,24,25). The van der Waals surface area contributed by atoms with Gasteiger partial charge in [-0.15, -0.1) is 0 Å². The highest BCUT2D eigenvalue weighted by Gasteiger charge is 2.29. The molecule has 6 nitrogen and oxygen atoms in total. The molecule has 0 bridgehead atoms. The van der Waals surface area contributed by atoms with Crippen molar-refractivity contribution in [2.45, 2.75) is 24.3 Å². The van der Waals surface area contributed by atoms with E-state index in [9.17, 15) is 13.4 Å². The highest BCUT2D eigenvalue weighted by molar-refractivity contribution is 7.82. The lowest BCUT2D eigenvalue weighted by Gasteiger charge is -2.35. The number of carbonyl (C=O) groups is 1. The van der Waals surface area contributed by atoms with Gasteiger partial charge in [-0.25, -0.2) is 17.7 Å². The molecule has 0 aliphatic carbocycles. The average Bonchev–Trinajstić information content (AvgIpc) is 2.68. The van der Waals surface area contributed by atoms with Gasteiger partial charge < -0.3 is 14.7 Å². The van der Waals surface area contributed by atoms with Crippen molar-refractivity contribution in [1.29, 1.82) is 0 Å². The first-order chi connectivity index (χ1) is 13.3. The Morgan fingerprint density at radius 3 is 2.14 bits per heavy atom. The third-order valence-electron chi connectivity index (χ3n) is 4.58. The Bertz CT molecular complexity index is 848. The van der Waals surface area contributed by atoms with E-state index < -0.39 is 22.6 Å². The largest absolute Gasteiger partial charge is 0.478 e. The molecule has 2 aromatic rings. The summed E-state index contributed by atoms with van der Waals surface area (Å²) in [5, 5.41) is 9.13. The summed E-state index contributed by atoms with van der Waals surface area (Å²) in [6, 6.07) is 13.0. The minimum Gasteiger partial charge on any atom is -0.478 e.